The number of fused-ring (bicyclic) bond motifs is 1. The Hall–Kier alpha value is -5.53. The predicted molar refractivity (Wildman–Crippen MR) is 177 cm³/mol. The number of nitrogens with one attached hydrogen (secondary N) is 1. The summed E-state index contributed by atoms with van der Waals surface area (Å²) in [5, 5.41) is 2.63. The molecule has 0 unspecified atom stereocenters. The number of rotatable bonds is 8. The molecule has 4 aromatic rings. The zero-order chi connectivity index (χ0) is 37.8. The van der Waals surface area contributed by atoms with E-state index < -0.39 is 58.8 Å². The summed E-state index contributed by atoms with van der Waals surface area (Å²) in [6.07, 6.45) is -11.0. The van der Waals surface area contributed by atoms with Crippen molar-refractivity contribution >= 4 is 18.0 Å². The van der Waals surface area contributed by atoms with Crippen LogP contribution >= 0.6 is 0 Å². The van der Waals surface area contributed by atoms with E-state index in [1.54, 1.807) is 45.0 Å². The number of carbonyl (C=O) groups is 3. The molecule has 0 fully saturated rings. The third-order valence-electron chi connectivity index (χ3n) is 7.84. The molecule has 14 heteroatoms. The molecule has 1 aliphatic rings. The van der Waals surface area contributed by atoms with Gasteiger partial charge in [-0.25, -0.2) is 4.79 Å². The number of hydrogen-bond acceptors (Lipinski definition) is 6. The van der Waals surface area contributed by atoms with Crippen LogP contribution in [0.15, 0.2) is 91.0 Å². The molecule has 1 atom stereocenters. The second kappa shape index (κ2) is 15.0. The second-order valence-corrected chi connectivity index (χ2v) is 12.9. The number of alkyl halides is 6. The molecule has 1 aliphatic heterocycles. The van der Waals surface area contributed by atoms with Gasteiger partial charge in [-0.3, -0.25) is 14.5 Å². The van der Waals surface area contributed by atoms with Gasteiger partial charge in [0, 0.05) is 13.1 Å². The molecular formula is C38H34F6N2O6. The van der Waals surface area contributed by atoms with Crippen LogP contribution in [0.4, 0.5) is 31.1 Å². The normalized spacial score (nSPS) is 14.6. The smallest absolute Gasteiger partial charge is 0.416 e. The van der Waals surface area contributed by atoms with Gasteiger partial charge < -0.3 is 19.5 Å². The number of nitrogens with zero attached hydrogens (tertiary/aromatic N) is 1. The van der Waals surface area contributed by atoms with Gasteiger partial charge in [-0.1, -0.05) is 48.5 Å². The molecule has 0 saturated heterocycles. The van der Waals surface area contributed by atoms with Gasteiger partial charge in [0.15, 0.2) is 0 Å². The van der Waals surface area contributed by atoms with Crippen molar-refractivity contribution in [1.82, 2.24) is 10.2 Å². The van der Waals surface area contributed by atoms with Crippen LogP contribution in [0.5, 0.6) is 17.2 Å². The first-order valence-electron chi connectivity index (χ1n) is 16.1. The Kier molecular flexibility index (Phi) is 10.9. The van der Waals surface area contributed by atoms with E-state index in [-0.39, 0.29) is 43.3 Å². The number of benzene rings is 4. The Morgan fingerprint density at radius 3 is 1.94 bits per heavy atom. The molecule has 1 N–H and O–H groups in total. The van der Waals surface area contributed by atoms with Gasteiger partial charge in [0.25, 0.3) is 0 Å². The predicted octanol–water partition coefficient (Wildman–Crippen LogP) is 9.13. The summed E-state index contributed by atoms with van der Waals surface area (Å²) >= 11 is 0. The van der Waals surface area contributed by atoms with Crippen LogP contribution in [0.25, 0.3) is 11.1 Å². The van der Waals surface area contributed by atoms with E-state index in [1.807, 2.05) is 30.3 Å². The number of esters is 1. The molecule has 0 radical (unpaired) electrons. The molecule has 2 amide bonds. The second-order valence-electron chi connectivity index (χ2n) is 12.9. The highest BCUT2D eigenvalue weighted by Crippen LogP contribution is 2.40. The zero-order valence-corrected chi connectivity index (χ0v) is 28.2. The van der Waals surface area contributed by atoms with Crippen LogP contribution in [-0.2, 0) is 33.1 Å². The summed E-state index contributed by atoms with van der Waals surface area (Å²) in [6.45, 7) is 4.76. The van der Waals surface area contributed by atoms with Gasteiger partial charge in [0.05, 0.1) is 17.5 Å². The number of hydrogen-bond donors (Lipinski definition) is 1. The first-order valence-corrected chi connectivity index (χ1v) is 16.1. The van der Waals surface area contributed by atoms with Gasteiger partial charge in [0.2, 0.25) is 5.91 Å². The Labute approximate surface area is 295 Å². The van der Waals surface area contributed by atoms with E-state index in [0.717, 1.165) is 16.0 Å². The number of carbonyl (C=O) groups excluding carboxylic acids is 3. The Morgan fingerprint density at radius 2 is 1.35 bits per heavy atom. The van der Waals surface area contributed by atoms with Crippen molar-refractivity contribution in [2.24, 2.45) is 0 Å². The summed E-state index contributed by atoms with van der Waals surface area (Å²) in [5.74, 6) is -1.99. The zero-order valence-electron chi connectivity index (χ0n) is 28.2. The maximum Gasteiger partial charge on any atom is 0.416 e. The van der Waals surface area contributed by atoms with Gasteiger partial charge in [-0.15, -0.1) is 0 Å². The quantitative estimate of drug-likeness (QED) is 0.111. The van der Waals surface area contributed by atoms with E-state index >= 15 is 0 Å². The monoisotopic (exact) mass is 728 g/mol. The Bertz CT molecular complexity index is 1890. The van der Waals surface area contributed by atoms with Gasteiger partial charge in [0.1, 0.15) is 28.9 Å². The third-order valence-corrected chi connectivity index (χ3v) is 7.84. The lowest BCUT2D eigenvalue weighted by molar-refractivity contribution is -0.143. The fraction of sp³-hybridized carbons (Fsp3) is 0.289. The molecular weight excluding hydrogens is 694 g/mol. The summed E-state index contributed by atoms with van der Waals surface area (Å²) < 4.78 is 97.2. The Balaban J connectivity index is 1.34. The lowest BCUT2D eigenvalue weighted by Gasteiger charge is -2.37. The number of ether oxygens (including phenoxy) is 3. The van der Waals surface area contributed by atoms with Crippen LogP contribution in [-0.4, -0.2) is 41.6 Å². The topological polar surface area (TPSA) is 94.2 Å². The van der Waals surface area contributed by atoms with Crippen molar-refractivity contribution in [3.05, 3.63) is 113 Å². The standard InChI is InChI=1S/C38H34F6N2O6/c1-36(2,3)52-35(49)46-18-16-25-11-14-29(50-30-20-26(37(39,40)41)19-27(21-30)38(42,43)44)22-31(25)33(46)34(48)45-17-15-32(47)51-28-12-9-24(10-13-28)23-7-5-4-6-8-23/h4-14,19-22,33H,15-18H2,1-3H3,(H,45,48)/t33-/m0/s1. The average Bonchev–Trinajstić information content (AvgIpc) is 3.06. The minimum absolute atomic E-state index is 0.0177. The minimum Gasteiger partial charge on any atom is -0.457 e. The van der Waals surface area contributed by atoms with Crippen molar-refractivity contribution in [1.29, 1.82) is 0 Å². The van der Waals surface area contributed by atoms with E-state index in [2.05, 4.69) is 5.32 Å². The third kappa shape index (κ3) is 9.62. The van der Waals surface area contributed by atoms with E-state index in [1.165, 1.54) is 18.2 Å². The maximum atomic E-state index is 13.7. The molecule has 0 bridgehead atoms. The Morgan fingerprint density at radius 1 is 0.750 bits per heavy atom. The molecule has 4 aromatic carbocycles. The molecule has 0 aromatic heterocycles. The molecule has 1 heterocycles. The van der Waals surface area contributed by atoms with Crippen LogP contribution in [0.3, 0.4) is 0 Å². The van der Waals surface area contributed by atoms with Crippen LogP contribution < -0.4 is 14.8 Å². The highest BCUT2D eigenvalue weighted by Gasteiger charge is 2.39. The van der Waals surface area contributed by atoms with Crippen LogP contribution in [0, 0.1) is 0 Å². The van der Waals surface area contributed by atoms with Crippen LogP contribution in [0.1, 0.15) is 55.5 Å². The molecule has 0 spiro atoms. The minimum atomic E-state index is -5.09. The molecule has 52 heavy (non-hydrogen) atoms. The molecule has 0 saturated carbocycles. The fourth-order valence-electron chi connectivity index (χ4n) is 5.49. The summed E-state index contributed by atoms with van der Waals surface area (Å²) in [6, 6.07) is 20.1. The largest absolute Gasteiger partial charge is 0.457 e. The number of amides is 2. The molecule has 274 valence electrons. The van der Waals surface area contributed by atoms with Crippen molar-refractivity contribution < 1.29 is 54.9 Å². The van der Waals surface area contributed by atoms with Gasteiger partial charge in [-0.2, -0.15) is 26.3 Å². The highest BCUT2D eigenvalue weighted by molar-refractivity contribution is 5.88. The first kappa shape index (κ1) is 37.7. The van der Waals surface area contributed by atoms with Crippen molar-refractivity contribution in [2.45, 2.75) is 57.6 Å². The maximum absolute atomic E-state index is 13.7. The average molecular weight is 729 g/mol. The summed E-state index contributed by atoms with van der Waals surface area (Å²) in [5.41, 5.74) is -1.38. The van der Waals surface area contributed by atoms with E-state index in [0.29, 0.717) is 23.4 Å². The molecule has 8 nitrogen and oxygen atoms in total. The number of halogens is 6. The van der Waals surface area contributed by atoms with Crippen molar-refractivity contribution in [3.8, 4) is 28.4 Å². The lowest BCUT2D eigenvalue weighted by Crippen LogP contribution is -2.49. The summed E-state index contributed by atoms with van der Waals surface area (Å²) in [7, 11) is 0. The first-order chi connectivity index (χ1) is 24.4. The lowest BCUT2D eigenvalue weighted by atomic mass is 9.92. The molecule has 0 aliphatic carbocycles. The molecule has 5 rings (SSSR count). The van der Waals surface area contributed by atoms with Crippen LogP contribution in [0.2, 0.25) is 0 Å². The van der Waals surface area contributed by atoms with Gasteiger partial charge in [-0.05, 0) is 91.9 Å². The van der Waals surface area contributed by atoms with Gasteiger partial charge >= 0.3 is 24.4 Å². The van der Waals surface area contributed by atoms with E-state index in [4.69, 9.17) is 14.2 Å². The highest BCUT2D eigenvalue weighted by atomic mass is 19.4. The van der Waals surface area contributed by atoms with Crippen molar-refractivity contribution in [2.75, 3.05) is 13.1 Å². The fourth-order valence-corrected chi connectivity index (χ4v) is 5.49. The van der Waals surface area contributed by atoms with Crippen molar-refractivity contribution in [3.63, 3.8) is 0 Å². The summed E-state index contributed by atoms with van der Waals surface area (Å²) in [4.78, 5) is 40.8. The van der Waals surface area contributed by atoms with E-state index in [9.17, 15) is 40.7 Å². The SMILES string of the molecule is CC(C)(C)OC(=O)N1CCc2ccc(Oc3cc(C(F)(F)F)cc(C(F)(F)F)c3)cc2[C@H]1C(=O)NCCC(=O)Oc1ccc(-c2ccccc2)cc1.